The van der Waals surface area contributed by atoms with Gasteiger partial charge in [-0.1, -0.05) is 60.1 Å². The average molecular weight is 490 g/mol. The van der Waals surface area contributed by atoms with Gasteiger partial charge in [0.1, 0.15) is 10.8 Å². The van der Waals surface area contributed by atoms with E-state index in [2.05, 4.69) is 31.5 Å². The fourth-order valence-corrected chi connectivity index (χ4v) is 6.84. The minimum atomic E-state index is -0.0732. The molecule has 172 valence electrons. The number of nitrogens with zero attached hydrogens (tertiary/aromatic N) is 3. The van der Waals surface area contributed by atoms with E-state index >= 15 is 0 Å². The van der Waals surface area contributed by atoms with Gasteiger partial charge in [-0.15, -0.1) is 21.5 Å². The standard InChI is InChI=1S/C26H24ClN5OS/c1-15-30-31-22-14-28-24(18-9-5-6-10-20(18)27)23-19-11-17(12-21(19)34-26(23)32(15)22)25(33)29-13-16-7-3-2-4-8-16/h2-10,17,24,28H,11-14H2,1H3,(H,29,33)/t17-,24-/m0/s1. The summed E-state index contributed by atoms with van der Waals surface area (Å²) in [6, 6.07) is 17.9. The number of benzene rings is 2. The number of aromatic nitrogens is 3. The highest BCUT2D eigenvalue weighted by molar-refractivity contribution is 7.15. The Morgan fingerprint density at radius 1 is 1.15 bits per heavy atom. The second kappa shape index (κ2) is 8.65. The van der Waals surface area contributed by atoms with Crippen molar-refractivity contribution in [1.29, 1.82) is 0 Å². The molecular weight excluding hydrogens is 466 g/mol. The van der Waals surface area contributed by atoms with E-state index in [0.717, 1.165) is 45.6 Å². The Bertz CT molecular complexity index is 1380. The molecule has 0 bridgehead atoms. The van der Waals surface area contributed by atoms with Crippen LogP contribution in [0.5, 0.6) is 0 Å². The average Bonchev–Trinajstić information content (AvgIpc) is 3.49. The molecule has 1 aliphatic heterocycles. The topological polar surface area (TPSA) is 71.8 Å². The Hall–Kier alpha value is -3.00. The van der Waals surface area contributed by atoms with Crippen LogP contribution in [0.15, 0.2) is 54.6 Å². The van der Waals surface area contributed by atoms with Crippen molar-refractivity contribution in [2.45, 2.75) is 38.9 Å². The molecule has 0 saturated heterocycles. The van der Waals surface area contributed by atoms with Crippen LogP contribution in [0.3, 0.4) is 0 Å². The molecular formula is C26H24ClN5OS. The van der Waals surface area contributed by atoms with Gasteiger partial charge in [-0.2, -0.15) is 0 Å². The molecule has 2 N–H and O–H groups in total. The number of halogens is 1. The normalized spacial score (nSPS) is 18.6. The fraction of sp³-hybridized carbons (Fsp3) is 0.269. The van der Waals surface area contributed by atoms with Crippen LogP contribution in [0.1, 0.15) is 44.8 Å². The number of hydrogen-bond acceptors (Lipinski definition) is 5. The van der Waals surface area contributed by atoms with Crippen molar-refractivity contribution in [3.63, 3.8) is 0 Å². The third-order valence-corrected chi connectivity index (χ3v) is 8.34. The molecule has 2 atom stereocenters. The molecule has 2 aliphatic rings. The molecule has 1 aliphatic carbocycles. The second-order valence-corrected chi connectivity index (χ2v) is 10.4. The van der Waals surface area contributed by atoms with Gasteiger partial charge in [0.25, 0.3) is 0 Å². The van der Waals surface area contributed by atoms with Gasteiger partial charge in [-0.25, -0.2) is 0 Å². The summed E-state index contributed by atoms with van der Waals surface area (Å²) < 4.78 is 2.16. The molecule has 6 nitrogen and oxygen atoms in total. The van der Waals surface area contributed by atoms with Crippen LogP contribution in [0, 0.1) is 12.8 Å². The van der Waals surface area contributed by atoms with E-state index in [1.165, 1.54) is 16.0 Å². The first kappa shape index (κ1) is 21.5. The Morgan fingerprint density at radius 3 is 2.76 bits per heavy atom. The predicted octanol–water partition coefficient (Wildman–Crippen LogP) is 4.51. The molecule has 0 fully saturated rings. The van der Waals surface area contributed by atoms with E-state index in [0.29, 0.717) is 13.1 Å². The minimum absolute atomic E-state index is 0.0631. The highest BCUT2D eigenvalue weighted by atomic mass is 35.5. The number of fused-ring (bicyclic) bond motifs is 5. The van der Waals surface area contributed by atoms with Gasteiger partial charge in [0.2, 0.25) is 5.91 Å². The van der Waals surface area contributed by atoms with Crippen LogP contribution in [0.25, 0.3) is 5.00 Å². The predicted molar refractivity (Wildman–Crippen MR) is 133 cm³/mol. The SMILES string of the molecule is Cc1nnc2n1-c1sc3c(c1[C@H](c1ccccc1Cl)NC2)C[C@H](C(=O)NCc1ccccc1)C3. The summed E-state index contributed by atoms with van der Waals surface area (Å²) >= 11 is 8.41. The summed E-state index contributed by atoms with van der Waals surface area (Å²) in [5.41, 5.74) is 4.61. The van der Waals surface area contributed by atoms with Crippen molar-refractivity contribution < 1.29 is 4.79 Å². The Labute approximate surface area is 207 Å². The first-order valence-electron chi connectivity index (χ1n) is 11.4. The maximum absolute atomic E-state index is 13.1. The summed E-state index contributed by atoms with van der Waals surface area (Å²) in [6.07, 6.45) is 1.47. The lowest BCUT2D eigenvalue weighted by Crippen LogP contribution is -2.31. The van der Waals surface area contributed by atoms with Crippen molar-refractivity contribution in [3.8, 4) is 5.00 Å². The van der Waals surface area contributed by atoms with Gasteiger partial charge in [-0.05, 0) is 42.5 Å². The smallest absolute Gasteiger partial charge is 0.224 e. The van der Waals surface area contributed by atoms with Gasteiger partial charge in [-0.3, -0.25) is 14.7 Å². The molecule has 8 heteroatoms. The van der Waals surface area contributed by atoms with Gasteiger partial charge in [0.05, 0.1) is 12.6 Å². The van der Waals surface area contributed by atoms with Crippen LogP contribution in [0.4, 0.5) is 0 Å². The number of carbonyl (C=O) groups is 1. The van der Waals surface area contributed by atoms with E-state index in [1.54, 1.807) is 11.3 Å². The van der Waals surface area contributed by atoms with E-state index in [9.17, 15) is 4.79 Å². The molecule has 6 rings (SSSR count). The van der Waals surface area contributed by atoms with E-state index in [1.807, 2.05) is 55.5 Å². The third kappa shape index (κ3) is 3.64. The summed E-state index contributed by atoms with van der Waals surface area (Å²) in [5, 5.41) is 17.4. The summed E-state index contributed by atoms with van der Waals surface area (Å²) in [5.74, 6) is 1.81. The Kier molecular flexibility index (Phi) is 5.48. The quantitative estimate of drug-likeness (QED) is 0.442. The number of hydrogen-bond donors (Lipinski definition) is 2. The number of aryl methyl sites for hydroxylation is 1. The minimum Gasteiger partial charge on any atom is -0.352 e. The van der Waals surface area contributed by atoms with Crippen LogP contribution >= 0.6 is 22.9 Å². The van der Waals surface area contributed by atoms with E-state index in [4.69, 9.17) is 11.6 Å². The molecule has 2 aromatic carbocycles. The summed E-state index contributed by atoms with van der Waals surface area (Å²) in [4.78, 5) is 14.3. The number of rotatable bonds is 4. The number of carbonyl (C=O) groups excluding carboxylic acids is 1. The molecule has 3 heterocycles. The number of amides is 1. The van der Waals surface area contributed by atoms with Crippen LogP contribution in [0.2, 0.25) is 5.02 Å². The van der Waals surface area contributed by atoms with Crippen molar-refractivity contribution in [3.05, 3.63) is 98.4 Å². The van der Waals surface area contributed by atoms with Gasteiger partial charge < -0.3 is 5.32 Å². The zero-order chi connectivity index (χ0) is 23.2. The zero-order valence-corrected chi connectivity index (χ0v) is 20.3. The van der Waals surface area contributed by atoms with Crippen molar-refractivity contribution in [2.75, 3.05) is 0 Å². The Morgan fingerprint density at radius 2 is 1.94 bits per heavy atom. The summed E-state index contributed by atoms with van der Waals surface area (Å²) in [6.45, 7) is 3.13. The monoisotopic (exact) mass is 489 g/mol. The van der Waals surface area contributed by atoms with E-state index < -0.39 is 0 Å². The van der Waals surface area contributed by atoms with Crippen LogP contribution < -0.4 is 10.6 Å². The van der Waals surface area contributed by atoms with Gasteiger partial charge >= 0.3 is 0 Å². The molecule has 2 aromatic heterocycles. The zero-order valence-electron chi connectivity index (χ0n) is 18.7. The highest BCUT2D eigenvalue weighted by Crippen LogP contribution is 2.46. The van der Waals surface area contributed by atoms with Crippen LogP contribution in [-0.2, 0) is 30.7 Å². The number of thiophene rings is 1. The van der Waals surface area contributed by atoms with Crippen molar-refractivity contribution in [1.82, 2.24) is 25.4 Å². The Balaban J connectivity index is 1.35. The van der Waals surface area contributed by atoms with Gasteiger partial charge in [0, 0.05) is 27.9 Å². The lowest BCUT2D eigenvalue weighted by Gasteiger charge is -2.20. The third-order valence-electron chi connectivity index (χ3n) is 6.74. The highest BCUT2D eigenvalue weighted by Gasteiger charge is 2.38. The first-order valence-corrected chi connectivity index (χ1v) is 12.6. The van der Waals surface area contributed by atoms with Gasteiger partial charge in [0.15, 0.2) is 5.82 Å². The van der Waals surface area contributed by atoms with E-state index in [-0.39, 0.29) is 17.9 Å². The first-order chi connectivity index (χ1) is 16.6. The molecule has 0 radical (unpaired) electrons. The van der Waals surface area contributed by atoms with Crippen LogP contribution in [-0.4, -0.2) is 20.7 Å². The lowest BCUT2D eigenvalue weighted by molar-refractivity contribution is -0.124. The molecule has 4 aromatic rings. The lowest BCUT2D eigenvalue weighted by atomic mass is 9.95. The molecule has 0 spiro atoms. The molecule has 0 unspecified atom stereocenters. The second-order valence-electron chi connectivity index (χ2n) is 8.87. The molecule has 34 heavy (non-hydrogen) atoms. The molecule has 1 amide bonds. The fourth-order valence-electron chi connectivity index (χ4n) is 5.08. The molecule has 0 saturated carbocycles. The maximum Gasteiger partial charge on any atom is 0.224 e. The summed E-state index contributed by atoms with van der Waals surface area (Å²) in [7, 11) is 0. The van der Waals surface area contributed by atoms with Crippen molar-refractivity contribution >= 4 is 28.8 Å². The van der Waals surface area contributed by atoms with Crippen molar-refractivity contribution in [2.24, 2.45) is 5.92 Å². The maximum atomic E-state index is 13.1. The largest absolute Gasteiger partial charge is 0.352 e. The number of nitrogens with one attached hydrogen (secondary N) is 2.